The van der Waals surface area contributed by atoms with Crippen LogP contribution in [0.15, 0.2) is 73.2 Å². The molecule has 0 aliphatic heterocycles. The molecule has 0 fully saturated rings. The van der Waals surface area contributed by atoms with Crippen molar-refractivity contribution in [2.75, 3.05) is 19.5 Å². The van der Waals surface area contributed by atoms with Crippen molar-refractivity contribution in [3.63, 3.8) is 0 Å². The van der Waals surface area contributed by atoms with Crippen LogP contribution in [-0.2, 0) is 0 Å². The molecule has 0 atom stereocenters. The molecule has 6 nitrogen and oxygen atoms in total. The third-order valence-corrected chi connectivity index (χ3v) is 5.24. The Labute approximate surface area is 191 Å². The van der Waals surface area contributed by atoms with Crippen LogP contribution in [0.4, 0.5) is 10.1 Å². The van der Waals surface area contributed by atoms with Crippen LogP contribution >= 0.6 is 0 Å². The van der Waals surface area contributed by atoms with Gasteiger partial charge in [-0.2, -0.15) is 0 Å². The molecule has 33 heavy (non-hydrogen) atoms. The molecule has 0 bridgehead atoms. The average molecular weight is 443 g/mol. The number of nitrogens with zero attached hydrogens (tertiary/aromatic N) is 2. The summed E-state index contributed by atoms with van der Waals surface area (Å²) >= 11 is 0. The van der Waals surface area contributed by atoms with Gasteiger partial charge in [0.15, 0.2) is 11.5 Å². The summed E-state index contributed by atoms with van der Waals surface area (Å²) in [6.07, 6.45) is 4.85. The summed E-state index contributed by atoms with van der Waals surface area (Å²) < 4.78 is 24.1. The third kappa shape index (κ3) is 4.67. The van der Waals surface area contributed by atoms with Crippen LogP contribution in [0.2, 0.25) is 0 Å². The molecule has 2 aromatic carbocycles. The highest BCUT2D eigenvalue weighted by Crippen LogP contribution is 2.34. The zero-order valence-electron chi connectivity index (χ0n) is 18.4. The summed E-state index contributed by atoms with van der Waals surface area (Å²) in [5, 5.41) is 2.92. The number of aryl methyl sites for hydroxylation is 1. The lowest BCUT2D eigenvalue weighted by atomic mass is 9.98. The summed E-state index contributed by atoms with van der Waals surface area (Å²) in [5.41, 5.74) is 4.76. The maximum Gasteiger partial charge on any atom is 0.257 e. The molecule has 0 saturated heterocycles. The topological polar surface area (TPSA) is 73.3 Å². The molecule has 2 heterocycles. The van der Waals surface area contributed by atoms with Gasteiger partial charge < -0.3 is 14.8 Å². The Bertz CT molecular complexity index is 1290. The van der Waals surface area contributed by atoms with Crippen LogP contribution in [0.5, 0.6) is 11.5 Å². The number of pyridine rings is 2. The first-order chi connectivity index (χ1) is 16.0. The second-order valence-electron chi connectivity index (χ2n) is 7.34. The molecule has 0 aliphatic carbocycles. The molecule has 0 radical (unpaired) electrons. The Kier molecular flexibility index (Phi) is 6.31. The number of rotatable bonds is 6. The van der Waals surface area contributed by atoms with Gasteiger partial charge in [-0.05, 0) is 66.6 Å². The molecule has 4 aromatic rings. The molecular weight excluding hydrogens is 421 g/mol. The number of benzene rings is 2. The Balaban J connectivity index is 1.73. The molecule has 2 aromatic heterocycles. The van der Waals surface area contributed by atoms with Gasteiger partial charge in [0.05, 0.1) is 25.5 Å². The molecule has 0 saturated carbocycles. The van der Waals surface area contributed by atoms with E-state index in [-0.39, 0.29) is 11.7 Å². The van der Waals surface area contributed by atoms with E-state index in [4.69, 9.17) is 9.47 Å². The van der Waals surface area contributed by atoms with Gasteiger partial charge in [-0.3, -0.25) is 14.8 Å². The number of hydrogen-bond donors (Lipinski definition) is 1. The van der Waals surface area contributed by atoms with Gasteiger partial charge in [0.2, 0.25) is 0 Å². The summed E-state index contributed by atoms with van der Waals surface area (Å²) in [6, 6.07) is 15.1. The van der Waals surface area contributed by atoms with Crippen molar-refractivity contribution in [3.05, 3.63) is 90.1 Å². The van der Waals surface area contributed by atoms with Crippen molar-refractivity contribution in [2.45, 2.75) is 6.92 Å². The highest BCUT2D eigenvalue weighted by atomic mass is 19.1. The van der Waals surface area contributed by atoms with Crippen LogP contribution in [-0.4, -0.2) is 30.1 Å². The van der Waals surface area contributed by atoms with Crippen LogP contribution < -0.4 is 14.8 Å². The fourth-order valence-electron chi connectivity index (χ4n) is 3.49. The van der Waals surface area contributed by atoms with Gasteiger partial charge >= 0.3 is 0 Å². The summed E-state index contributed by atoms with van der Waals surface area (Å²) in [6.45, 7) is 1.87. The average Bonchev–Trinajstić information content (AvgIpc) is 2.85. The van der Waals surface area contributed by atoms with E-state index in [1.54, 1.807) is 49.8 Å². The molecular formula is C26H22FN3O3. The monoisotopic (exact) mass is 443 g/mol. The van der Waals surface area contributed by atoms with E-state index in [1.807, 2.05) is 19.1 Å². The predicted molar refractivity (Wildman–Crippen MR) is 125 cm³/mol. The van der Waals surface area contributed by atoms with Crippen molar-refractivity contribution in [2.24, 2.45) is 0 Å². The van der Waals surface area contributed by atoms with E-state index in [2.05, 4.69) is 15.3 Å². The second-order valence-corrected chi connectivity index (χ2v) is 7.34. The minimum Gasteiger partial charge on any atom is -0.493 e. The smallest absolute Gasteiger partial charge is 0.257 e. The van der Waals surface area contributed by atoms with Gasteiger partial charge in [0, 0.05) is 41.5 Å². The maximum absolute atomic E-state index is 13.4. The van der Waals surface area contributed by atoms with Gasteiger partial charge in [0.25, 0.3) is 5.91 Å². The molecule has 0 spiro atoms. The molecule has 4 rings (SSSR count). The number of carbonyl (C=O) groups is 1. The van der Waals surface area contributed by atoms with E-state index >= 15 is 0 Å². The molecule has 7 heteroatoms. The predicted octanol–water partition coefficient (Wildman–Crippen LogP) is 5.53. The van der Waals surface area contributed by atoms with Gasteiger partial charge in [-0.25, -0.2) is 4.39 Å². The van der Waals surface area contributed by atoms with Gasteiger partial charge in [-0.15, -0.1) is 0 Å². The van der Waals surface area contributed by atoms with Crippen LogP contribution in [0.25, 0.3) is 22.4 Å². The fraction of sp³-hybridized carbons (Fsp3) is 0.115. The number of amides is 1. The number of nitrogens with one attached hydrogen (secondary N) is 1. The first kappa shape index (κ1) is 22.0. The number of carbonyl (C=O) groups excluding carboxylic acids is 1. The quantitative estimate of drug-likeness (QED) is 0.424. The second kappa shape index (κ2) is 9.48. The SMILES string of the molecule is COc1cc(C)c(NC(=O)c2cnc(-c3ccc(F)cc3)c(-c3ccncc3)c2)cc1OC. The summed E-state index contributed by atoms with van der Waals surface area (Å²) in [4.78, 5) is 21.7. The Morgan fingerprint density at radius 1 is 0.909 bits per heavy atom. The van der Waals surface area contributed by atoms with Crippen LogP contribution in [0, 0.1) is 12.7 Å². The first-order valence-corrected chi connectivity index (χ1v) is 10.2. The third-order valence-electron chi connectivity index (χ3n) is 5.24. The number of ether oxygens (including phenoxy) is 2. The van der Waals surface area contributed by atoms with Crippen molar-refractivity contribution >= 4 is 11.6 Å². The summed E-state index contributed by atoms with van der Waals surface area (Å²) in [7, 11) is 3.10. The van der Waals surface area contributed by atoms with E-state index in [1.165, 1.54) is 25.4 Å². The van der Waals surface area contributed by atoms with Crippen molar-refractivity contribution in [3.8, 4) is 33.9 Å². The minimum atomic E-state index is -0.328. The number of hydrogen-bond acceptors (Lipinski definition) is 5. The van der Waals surface area contributed by atoms with Gasteiger partial charge in [0.1, 0.15) is 5.82 Å². The lowest BCUT2D eigenvalue weighted by molar-refractivity contribution is 0.102. The van der Waals surface area contributed by atoms with Crippen molar-refractivity contribution in [1.29, 1.82) is 0 Å². The summed E-state index contributed by atoms with van der Waals surface area (Å²) in [5.74, 6) is 0.447. The van der Waals surface area contributed by atoms with Crippen LogP contribution in [0.3, 0.4) is 0 Å². The molecule has 166 valence electrons. The standard InChI is InChI=1S/C26H22FN3O3/c1-16-12-23(32-2)24(33-3)14-22(16)30-26(31)19-13-21(17-8-10-28-11-9-17)25(29-15-19)18-4-6-20(27)7-5-18/h4-15H,1-3H3,(H,30,31). The van der Waals surface area contributed by atoms with Crippen molar-refractivity contribution in [1.82, 2.24) is 9.97 Å². The lowest BCUT2D eigenvalue weighted by Gasteiger charge is -2.15. The largest absolute Gasteiger partial charge is 0.493 e. The molecule has 0 unspecified atom stereocenters. The molecule has 1 N–H and O–H groups in total. The molecule has 0 aliphatic rings. The number of halogens is 1. The Morgan fingerprint density at radius 3 is 2.24 bits per heavy atom. The normalized spacial score (nSPS) is 10.5. The Hall–Kier alpha value is -4.26. The van der Waals surface area contributed by atoms with Gasteiger partial charge in [-0.1, -0.05) is 0 Å². The number of anilines is 1. The van der Waals surface area contributed by atoms with Crippen LogP contribution in [0.1, 0.15) is 15.9 Å². The van der Waals surface area contributed by atoms with E-state index in [0.717, 1.165) is 22.3 Å². The van der Waals surface area contributed by atoms with E-state index in [9.17, 15) is 9.18 Å². The Morgan fingerprint density at radius 2 is 1.58 bits per heavy atom. The number of methoxy groups -OCH3 is 2. The molecule has 1 amide bonds. The fourth-order valence-corrected chi connectivity index (χ4v) is 3.49. The van der Waals surface area contributed by atoms with E-state index in [0.29, 0.717) is 28.4 Å². The number of aromatic nitrogens is 2. The first-order valence-electron chi connectivity index (χ1n) is 10.2. The lowest BCUT2D eigenvalue weighted by Crippen LogP contribution is -2.14. The highest BCUT2D eigenvalue weighted by Gasteiger charge is 2.16. The van der Waals surface area contributed by atoms with E-state index < -0.39 is 0 Å². The maximum atomic E-state index is 13.4. The zero-order chi connectivity index (χ0) is 23.4. The van der Waals surface area contributed by atoms with Crippen molar-refractivity contribution < 1.29 is 18.7 Å². The minimum absolute atomic E-state index is 0.321. The zero-order valence-corrected chi connectivity index (χ0v) is 18.4. The highest BCUT2D eigenvalue weighted by molar-refractivity contribution is 6.06.